The summed E-state index contributed by atoms with van der Waals surface area (Å²) in [6.45, 7) is 6.13. The van der Waals surface area contributed by atoms with Gasteiger partial charge in [-0.15, -0.1) is 5.10 Å². The maximum Gasteiger partial charge on any atom is 0.195 e. The van der Waals surface area contributed by atoms with Crippen LogP contribution >= 0.6 is 12.2 Å². The summed E-state index contributed by atoms with van der Waals surface area (Å²) in [6.07, 6.45) is 4.35. The van der Waals surface area contributed by atoms with E-state index in [-0.39, 0.29) is 5.75 Å². The Balaban J connectivity index is 1.44. The molecule has 0 saturated heterocycles. The van der Waals surface area contributed by atoms with Gasteiger partial charge in [0, 0.05) is 19.2 Å². The molecule has 32 heavy (non-hydrogen) atoms. The molecule has 2 N–H and O–H groups in total. The smallest absolute Gasteiger partial charge is 0.195 e. The third-order valence-corrected chi connectivity index (χ3v) is 5.53. The van der Waals surface area contributed by atoms with Crippen LogP contribution in [-0.4, -0.2) is 41.5 Å². The van der Waals surface area contributed by atoms with E-state index in [4.69, 9.17) is 17.0 Å². The molecule has 0 amide bonds. The van der Waals surface area contributed by atoms with Gasteiger partial charge in [-0.2, -0.15) is 5.10 Å². The lowest BCUT2D eigenvalue weighted by Gasteiger charge is -2.12. The Kier molecular flexibility index (Phi) is 6.65. The fourth-order valence-corrected chi connectivity index (χ4v) is 3.60. The molecular formula is C23H26N6O2S. The molecule has 9 heteroatoms. The average molecular weight is 451 g/mol. The highest BCUT2D eigenvalue weighted by molar-refractivity contribution is 7.71. The number of H-pyrrole nitrogens is 1. The molecular weight excluding hydrogens is 424 g/mol. The number of nitrogens with zero attached hydrogens (tertiary/aromatic N) is 5. The number of aryl methyl sites for hydroxylation is 1. The maximum absolute atomic E-state index is 10.4. The number of hydrogen-bond donors (Lipinski definition) is 2. The van der Waals surface area contributed by atoms with Crippen LogP contribution in [0.4, 0.5) is 0 Å². The van der Waals surface area contributed by atoms with Crippen molar-refractivity contribution >= 4 is 12.2 Å². The lowest BCUT2D eigenvalue weighted by atomic mass is 10.00. The third-order valence-electron chi connectivity index (χ3n) is 5.22. The molecule has 0 bridgehead atoms. The lowest BCUT2D eigenvalue weighted by molar-refractivity contribution is 0.298. The van der Waals surface area contributed by atoms with Crippen LogP contribution in [0.5, 0.6) is 11.5 Å². The number of ether oxygens (including phenoxy) is 1. The molecule has 0 saturated carbocycles. The second kappa shape index (κ2) is 9.78. The van der Waals surface area contributed by atoms with E-state index in [1.165, 1.54) is 0 Å². The van der Waals surface area contributed by atoms with Crippen LogP contribution in [-0.2, 0) is 13.1 Å². The molecule has 0 unspecified atom stereocenters. The topological polar surface area (TPSA) is 93.8 Å². The summed E-state index contributed by atoms with van der Waals surface area (Å²) in [5.74, 6) is 1.95. The van der Waals surface area contributed by atoms with Gasteiger partial charge in [0.15, 0.2) is 10.6 Å². The molecule has 0 spiro atoms. The minimum absolute atomic E-state index is 0.180. The number of phenolic OH excluding ortho intramolecular Hbond substituents is 1. The quantitative estimate of drug-likeness (QED) is 0.287. The number of benzene rings is 2. The monoisotopic (exact) mass is 450 g/mol. The SMILES string of the molecule is CC(C)c1ccc(O)c(-c2n[nH]c(=S)n2Cc2ccc(OCCCn3ccnn3)cc2)c1. The van der Waals surface area contributed by atoms with Crippen LogP contribution in [0.2, 0.25) is 0 Å². The molecule has 4 rings (SSSR count). The van der Waals surface area contributed by atoms with E-state index in [0.29, 0.717) is 35.2 Å². The Morgan fingerprint density at radius 2 is 1.97 bits per heavy atom. The van der Waals surface area contributed by atoms with Crippen molar-refractivity contribution in [3.05, 3.63) is 70.8 Å². The van der Waals surface area contributed by atoms with Gasteiger partial charge in [-0.3, -0.25) is 14.3 Å². The second-order valence-corrected chi connectivity index (χ2v) is 8.27. The second-order valence-electron chi connectivity index (χ2n) is 7.88. The highest BCUT2D eigenvalue weighted by atomic mass is 32.1. The van der Waals surface area contributed by atoms with E-state index < -0.39 is 0 Å². The lowest BCUT2D eigenvalue weighted by Crippen LogP contribution is -2.05. The minimum Gasteiger partial charge on any atom is -0.507 e. The summed E-state index contributed by atoms with van der Waals surface area (Å²) >= 11 is 5.46. The van der Waals surface area contributed by atoms with E-state index in [1.807, 2.05) is 47.2 Å². The van der Waals surface area contributed by atoms with E-state index in [1.54, 1.807) is 16.9 Å². The Morgan fingerprint density at radius 3 is 2.69 bits per heavy atom. The summed E-state index contributed by atoms with van der Waals surface area (Å²) < 4.78 is 10.0. The number of nitrogens with one attached hydrogen (secondary N) is 1. The number of aromatic nitrogens is 6. The van der Waals surface area contributed by atoms with Gasteiger partial charge in [-0.25, -0.2) is 0 Å². The van der Waals surface area contributed by atoms with Crippen molar-refractivity contribution < 1.29 is 9.84 Å². The van der Waals surface area contributed by atoms with Crippen molar-refractivity contribution in [2.24, 2.45) is 0 Å². The van der Waals surface area contributed by atoms with Crippen molar-refractivity contribution in [2.75, 3.05) is 6.61 Å². The Labute approximate surface area is 191 Å². The van der Waals surface area contributed by atoms with Gasteiger partial charge in [0.2, 0.25) is 0 Å². The zero-order valence-corrected chi connectivity index (χ0v) is 18.9. The van der Waals surface area contributed by atoms with E-state index in [0.717, 1.165) is 29.8 Å². The van der Waals surface area contributed by atoms with Crippen molar-refractivity contribution in [2.45, 2.75) is 39.3 Å². The van der Waals surface area contributed by atoms with E-state index >= 15 is 0 Å². The van der Waals surface area contributed by atoms with Crippen molar-refractivity contribution in [3.63, 3.8) is 0 Å². The fraction of sp³-hybridized carbons (Fsp3) is 0.304. The average Bonchev–Trinajstić information content (AvgIpc) is 3.43. The molecule has 0 fully saturated rings. The number of aromatic hydroxyl groups is 1. The Bertz CT molecular complexity index is 1210. The summed E-state index contributed by atoms with van der Waals surface area (Å²) in [5, 5.41) is 25.4. The van der Waals surface area contributed by atoms with Crippen LogP contribution in [0.15, 0.2) is 54.9 Å². The van der Waals surface area contributed by atoms with Crippen LogP contribution in [0.3, 0.4) is 0 Å². The van der Waals surface area contributed by atoms with Gasteiger partial charge < -0.3 is 9.84 Å². The van der Waals surface area contributed by atoms with Gasteiger partial charge in [0.1, 0.15) is 11.5 Å². The predicted molar refractivity (Wildman–Crippen MR) is 124 cm³/mol. The minimum atomic E-state index is 0.180. The van der Waals surface area contributed by atoms with Gasteiger partial charge in [0.25, 0.3) is 0 Å². The van der Waals surface area contributed by atoms with Crippen LogP contribution < -0.4 is 4.74 Å². The number of aromatic amines is 1. The molecule has 4 aromatic rings. The molecule has 0 aliphatic rings. The van der Waals surface area contributed by atoms with Gasteiger partial charge in [-0.1, -0.05) is 37.3 Å². The zero-order valence-electron chi connectivity index (χ0n) is 18.1. The predicted octanol–water partition coefficient (Wildman–Crippen LogP) is 4.55. The maximum atomic E-state index is 10.4. The van der Waals surface area contributed by atoms with E-state index in [9.17, 15) is 5.11 Å². The summed E-state index contributed by atoms with van der Waals surface area (Å²) in [4.78, 5) is 0. The van der Waals surface area contributed by atoms with Gasteiger partial charge >= 0.3 is 0 Å². The summed E-state index contributed by atoms with van der Waals surface area (Å²) in [5.41, 5.74) is 2.85. The third kappa shape index (κ3) is 5.05. The first kappa shape index (κ1) is 21.8. The molecule has 2 aromatic carbocycles. The van der Waals surface area contributed by atoms with E-state index in [2.05, 4.69) is 34.4 Å². The number of rotatable bonds is 9. The molecule has 0 atom stereocenters. The number of hydrogen-bond acceptors (Lipinski definition) is 6. The molecule has 0 aliphatic carbocycles. The molecule has 2 aromatic heterocycles. The van der Waals surface area contributed by atoms with Crippen LogP contribution in [0, 0.1) is 4.77 Å². The first-order valence-electron chi connectivity index (χ1n) is 10.6. The molecule has 2 heterocycles. The first-order chi connectivity index (χ1) is 15.5. The summed E-state index contributed by atoms with van der Waals surface area (Å²) in [7, 11) is 0. The standard InChI is InChI=1S/C23H26N6O2S/c1-16(2)18-6-9-21(30)20(14-18)22-25-26-23(32)29(22)15-17-4-7-19(8-5-17)31-13-3-11-28-12-10-24-27-28/h4-10,12,14,16,30H,3,11,13,15H2,1-2H3,(H,26,32). The van der Waals surface area contributed by atoms with Crippen LogP contribution in [0.25, 0.3) is 11.4 Å². The highest BCUT2D eigenvalue weighted by Crippen LogP contribution is 2.31. The molecule has 0 aliphatic heterocycles. The number of phenols is 1. The van der Waals surface area contributed by atoms with Gasteiger partial charge in [0.05, 0.1) is 24.9 Å². The molecule has 0 radical (unpaired) electrons. The summed E-state index contributed by atoms with van der Waals surface area (Å²) in [6, 6.07) is 13.5. The van der Waals surface area contributed by atoms with Crippen molar-refractivity contribution in [1.29, 1.82) is 0 Å². The molecule has 166 valence electrons. The van der Waals surface area contributed by atoms with Crippen LogP contribution in [0.1, 0.15) is 37.3 Å². The zero-order chi connectivity index (χ0) is 22.5. The highest BCUT2D eigenvalue weighted by Gasteiger charge is 2.15. The van der Waals surface area contributed by atoms with Gasteiger partial charge in [-0.05, 0) is 53.5 Å². The Hall–Kier alpha value is -3.46. The first-order valence-corrected chi connectivity index (χ1v) is 11.0. The normalized spacial score (nSPS) is 11.2. The van der Waals surface area contributed by atoms with Crippen molar-refractivity contribution in [1.82, 2.24) is 29.8 Å². The Morgan fingerprint density at radius 1 is 1.16 bits per heavy atom. The fourth-order valence-electron chi connectivity index (χ4n) is 3.40. The van der Waals surface area contributed by atoms with Crippen molar-refractivity contribution in [3.8, 4) is 22.9 Å². The largest absolute Gasteiger partial charge is 0.507 e. The molecule has 8 nitrogen and oxygen atoms in total.